The lowest BCUT2D eigenvalue weighted by molar-refractivity contribution is 1.07. The molecular formula is C19H12ClN3. The van der Waals surface area contributed by atoms with E-state index in [0.717, 1.165) is 10.8 Å². The van der Waals surface area contributed by atoms with Crippen molar-refractivity contribution in [2.75, 3.05) is 0 Å². The Morgan fingerprint density at radius 3 is 2.39 bits per heavy atom. The Balaban J connectivity index is 2.00. The molecule has 0 amide bonds. The summed E-state index contributed by atoms with van der Waals surface area (Å²) in [5, 5.41) is 1.76. The van der Waals surface area contributed by atoms with E-state index in [1.807, 2.05) is 42.5 Å². The van der Waals surface area contributed by atoms with Gasteiger partial charge in [0.05, 0.1) is 6.85 Å². The summed E-state index contributed by atoms with van der Waals surface area (Å²) in [5.41, 5.74) is 0.591. The van der Waals surface area contributed by atoms with Gasteiger partial charge in [-0.3, -0.25) is 0 Å². The molecule has 0 atom stereocenters. The molecule has 0 spiro atoms. The van der Waals surface area contributed by atoms with Crippen LogP contribution >= 0.6 is 11.6 Å². The lowest BCUT2D eigenvalue weighted by atomic mass is 10.0. The highest BCUT2D eigenvalue weighted by Crippen LogP contribution is 2.28. The first-order valence-electron chi connectivity index (χ1n) is 9.35. The minimum Gasteiger partial charge on any atom is -0.208 e. The second-order valence-corrected chi connectivity index (χ2v) is 5.12. The zero-order chi connectivity index (χ0) is 20.0. The van der Waals surface area contributed by atoms with E-state index >= 15 is 0 Å². The van der Waals surface area contributed by atoms with Crippen molar-refractivity contribution in [1.82, 2.24) is 15.0 Å². The van der Waals surface area contributed by atoms with Gasteiger partial charge in [0.1, 0.15) is 0 Å². The van der Waals surface area contributed by atoms with Gasteiger partial charge in [-0.25, -0.2) is 4.98 Å². The topological polar surface area (TPSA) is 38.7 Å². The predicted octanol–water partition coefficient (Wildman–Crippen LogP) is 5.01. The molecule has 0 aliphatic rings. The summed E-state index contributed by atoms with van der Waals surface area (Å²) in [5.74, 6) is 0.193. The number of nitrogens with zero attached hydrogens (tertiary/aromatic N) is 3. The Bertz CT molecular complexity index is 1210. The van der Waals surface area contributed by atoms with Gasteiger partial charge in [-0.2, -0.15) is 9.97 Å². The molecule has 4 heteroatoms. The van der Waals surface area contributed by atoms with Crippen LogP contribution in [0.25, 0.3) is 33.5 Å². The maximum atomic E-state index is 8.13. The summed E-state index contributed by atoms with van der Waals surface area (Å²) in [6, 6.07) is 11.2. The summed E-state index contributed by atoms with van der Waals surface area (Å²) < 4.78 is 39.7. The average Bonchev–Trinajstić information content (AvgIpc) is 2.70. The molecule has 110 valence electrons. The highest BCUT2D eigenvalue weighted by molar-refractivity contribution is 6.28. The molecule has 0 saturated heterocycles. The van der Waals surface area contributed by atoms with Crippen molar-refractivity contribution in [1.29, 1.82) is 0 Å². The molecule has 0 aliphatic heterocycles. The van der Waals surface area contributed by atoms with Crippen LogP contribution in [0.3, 0.4) is 0 Å². The van der Waals surface area contributed by atoms with Crippen LogP contribution in [0.5, 0.6) is 0 Å². The number of hydrogen-bond acceptors (Lipinski definition) is 3. The number of hydrogen-bond donors (Lipinski definition) is 0. The smallest absolute Gasteiger partial charge is 0.208 e. The van der Waals surface area contributed by atoms with Crippen molar-refractivity contribution in [3.8, 4) is 22.8 Å². The van der Waals surface area contributed by atoms with Crippen LogP contribution in [-0.2, 0) is 0 Å². The highest BCUT2D eigenvalue weighted by Gasteiger charge is 2.11. The van der Waals surface area contributed by atoms with Gasteiger partial charge in [-0.15, -0.1) is 0 Å². The molecule has 0 saturated carbocycles. The lowest BCUT2D eigenvalue weighted by Crippen LogP contribution is -1.97. The average molecular weight is 323 g/mol. The summed E-state index contributed by atoms with van der Waals surface area (Å²) in [6.45, 7) is 0. The molecule has 0 fully saturated rings. The third-order valence-electron chi connectivity index (χ3n) is 3.36. The molecule has 1 aromatic heterocycles. The van der Waals surface area contributed by atoms with Gasteiger partial charge in [0.15, 0.2) is 11.6 Å². The first-order chi connectivity index (χ1) is 13.4. The number of rotatable bonds is 2. The fourth-order valence-corrected chi connectivity index (χ4v) is 2.52. The van der Waals surface area contributed by atoms with E-state index in [1.54, 1.807) is 0 Å². The van der Waals surface area contributed by atoms with Gasteiger partial charge in [-0.05, 0) is 22.4 Å². The minimum absolute atomic E-state index is 0.0695. The van der Waals surface area contributed by atoms with Gasteiger partial charge in [0, 0.05) is 11.1 Å². The molecule has 0 bridgehead atoms. The fourth-order valence-electron chi connectivity index (χ4n) is 2.36. The molecule has 4 aromatic rings. The number of fused-ring (bicyclic) bond motifs is 1. The van der Waals surface area contributed by atoms with Gasteiger partial charge >= 0.3 is 0 Å². The van der Waals surface area contributed by atoms with Crippen molar-refractivity contribution in [3.05, 3.63) is 78.0 Å². The van der Waals surface area contributed by atoms with Crippen LogP contribution in [-0.4, -0.2) is 15.0 Å². The Hall–Kier alpha value is -2.78. The standard InChI is InChI=1S/C19H12ClN3/c20-19-22-17(14-8-2-1-3-9-14)21-18(23-19)16-12-6-10-13-7-4-5-11-15(13)16/h1-12H/i1D,2D,3D,8D,9D. The van der Waals surface area contributed by atoms with Crippen LogP contribution in [0.15, 0.2) is 72.7 Å². The van der Waals surface area contributed by atoms with E-state index in [0.29, 0.717) is 5.56 Å². The molecule has 1 heterocycles. The van der Waals surface area contributed by atoms with Crippen molar-refractivity contribution in [2.45, 2.75) is 0 Å². The number of benzene rings is 3. The van der Waals surface area contributed by atoms with E-state index in [2.05, 4.69) is 15.0 Å². The molecule has 3 nitrogen and oxygen atoms in total. The van der Waals surface area contributed by atoms with Gasteiger partial charge in [-0.1, -0.05) is 72.7 Å². The number of halogens is 1. The molecule has 0 aliphatic carbocycles. The second-order valence-electron chi connectivity index (χ2n) is 4.78. The highest BCUT2D eigenvalue weighted by atomic mass is 35.5. The Morgan fingerprint density at radius 1 is 0.783 bits per heavy atom. The van der Waals surface area contributed by atoms with Crippen LogP contribution < -0.4 is 0 Å². The van der Waals surface area contributed by atoms with Crippen molar-refractivity contribution in [3.63, 3.8) is 0 Å². The summed E-state index contributed by atoms with van der Waals surface area (Å²) >= 11 is 6.10. The summed E-state index contributed by atoms with van der Waals surface area (Å²) in [6.07, 6.45) is 0. The van der Waals surface area contributed by atoms with E-state index in [9.17, 15) is 0 Å². The summed E-state index contributed by atoms with van der Waals surface area (Å²) in [4.78, 5) is 12.6. The monoisotopic (exact) mass is 322 g/mol. The minimum atomic E-state index is -0.479. The first-order valence-corrected chi connectivity index (χ1v) is 7.23. The second kappa shape index (κ2) is 5.78. The third-order valence-corrected chi connectivity index (χ3v) is 3.53. The van der Waals surface area contributed by atoms with Crippen molar-refractivity contribution >= 4 is 22.4 Å². The Kier molecular flexibility index (Phi) is 2.36. The molecule has 4 rings (SSSR count). The zero-order valence-corrected chi connectivity index (χ0v) is 12.5. The van der Waals surface area contributed by atoms with Crippen molar-refractivity contribution in [2.24, 2.45) is 0 Å². The van der Waals surface area contributed by atoms with Gasteiger partial charge in [0.2, 0.25) is 5.28 Å². The lowest BCUT2D eigenvalue weighted by Gasteiger charge is -2.07. The van der Waals surface area contributed by atoms with Crippen LogP contribution in [0.1, 0.15) is 6.85 Å². The van der Waals surface area contributed by atoms with Crippen LogP contribution in [0.2, 0.25) is 5.28 Å². The molecule has 0 unspecified atom stereocenters. The normalized spacial score (nSPS) is 13.9. The zero-order valence-electron chi connectivity index (χ0n) is 16.8. The summed E-state index contributed by atoms with van der Waals surface area (Å²) in [7, 11) is 0. The predicted molar refractivity (Wildman–Crippen MR) is 93.2 cm³/mol. The van der Waals surface area contributed by atoms with Gasteiger partial charge < -0.3 is 0 Å². The maximum absolute atomic E-state index is 8.13. The van der Waals surface area contributed by atoms with E-state index in [1.165, 1.54) is 0 Å². The van der Waals surface area contributed by atoms with Crippen LogP contribution in [0, 0.1) is 0 Å². The van der Waals surface area contributed by atoms with Crippen molar-refractivity contribution < 1.29 is 6.85 Å². The Labute approximate surface area is 145 Å². The largest absolute Gasteiger partial charge is 0.226 e. The maximum Gasteiger partial charge on any atom is 0.226 e. The van der Waals surface area contributed by atoms with Crippen LogP contribution in [0.4, 0.5) is 0 Å². The third kappa shape index (κ3) is 2.67. The number of aromatic nitrogens is 3. The quantitative estimate of drug-likeness (QED) is 0.520. The molecular weight excluding hydrogens is 306 g/mol. The molecule has 3 aromatic carbocycles. The molecule has 0 N–H and O–H groups in total. The Morgan fingerprint density at radius 2 is 1.52 bits per heavy atom. The van der Waals surface area contributed by atoms with E-state index in [4.69, 9.17) is 18.5 Å². The molecule has 23 heavy (non-hydrogen) atoms. The fraction of sp³-hybridized carbons (Fsp3) is 0. The first kappa shape index (κ1) is 9.38. The molecule has 0 radical (unpaired) electrons. The van der Waals surface area contributed by atoms with E-state index < -0.39 is 30.2 Å². The SMILES string of the molecule is [2H]c1c([2H])c([2H])c(-c2nc(Cl)nc(-c3cccc4ccccc34)n2)c([2H])c1[2H]. The van der Waals surface area contributed by atoms with Gasteiger partial charge in [0.25, 0.3) is 0 Å². The van der Waals surface area contributed by atoms with E-state index in [-0.39, 0.29) is 22.5 Å².